The third kappa shape index (κ3) is 2.10. The molecule has 0 radical (unpaired) electrons. The fourth-order valence-corrected chi connectivity index (χ4v) is 7.89. The van der Waals surface area contributed by atoms with Gasteiger partial charge in [0.1, 0.15) is 0 Å². The summed E-state index contributed by atoms with van der Waals surface area (Å²) in [6, 6.07) is 31.0. The summed E-state index contributed by atoms with van der Waals surface area (Å²) in [6.45, 7) is 0. The summed E-state index contributed by atoms with van der Waals surface area (Å²) in [6.07, 6.45) is 7.47. The Morgan fingerprint density at radius 2 is 1.37 bits per heavy atom. The van der Waals surface area contributed by atoms with Gasteiger partial charge in [-0.3, -0.25) is 0 Å². The van der Waals surface area contributed by atoms with Crippen molar-refractivity contribution < 1.29 is 0 Å². The fraction of sp³-hybridized carbons (Fsp3) is 0.0769. The minimum atomic E-state index is 0.0503. The molecule has 3 aliphatic carbocycles. The van der Waals surface area contributed by atoms with Crippen LogP contribution in [0.5, 0.6) is 0 Å². The van der Waals surface area contributed by atoms with Crippen LogP contribution >= 0.6 is 0 Å². The normalized spacial score (nSPS) is 24.6. The second-order valence-electron chi connectivity index (χ2n) is 7.33. The summed E-state index contributed by atoms with van der Waals surface area (Å²) in [4.78, 5) is 0. The Labute approximate surface area is 166 Å². The van der Waals surface area contributed by atoms with Gasteiger partial charge in [0.2, 0.25) is 0 Å². The molecule has 3 aromatic carbocycles. The Morgan fingerprint density at radius 3 is 2.15 bits per heavy atom. The SMILES string of the molecule is C1=CC23[Se]C(c4ccccc4)=CC2=C(c2ccccc2)C1c1ccccc13. The van der Waals surface area contributed by atoms with Crippen LogP contribution < -0.4 is 0 Å². The molecule has 0 fully saturated rings. The van der Waals surface area contributed by atoms with Crippen LogP contribution in [0.2, 0.25) is 0 Å². The van der Waals surface area contributed by atoms with E-state index in [4.69, 9.17) is 0 Å². The first-order valence-corrected chi connectivity index (χ1v) is 11.1. The second-order valence-corrected chi connectivity index (χ2v) is 10.0. The average molecular weight is 409 g/mol. The van der Waals surface area contributed by atoms with Gasteiger partial charge in [-0.15, -0.1) is 0 Å². The van der Waals surface area contributed by atoms with Gasteiger partial charge in [0, 0.05) is 0 Å². The summed E-state index contributed by atoms with van der Waals surface area (Å²) >= 11 is 0.335. The Kier molecular flexibility index (Phi) is 3.26. The predicted molar refractivity (Wildman–Crippen MR) is 114 cm³/mol. The molecule has 3 aromatic rings. The van der Waals surface area contributed by atoms with Crippen molar-refractivity contribution >= 4 is 25.0 Å². The van der Waals surface area contributed by atoms with Gasteiger partial charge < -0.3 is 0 Å². The molecule has 1 aliphatic heterocycles. The third-order valence-corrected chi connectivity index (χ3v) is 9.00. The molecular weight excluding hydrogens is 391 g/mol. The van der Waals surface area contributed by atoms with Crippen molar-refractivity contribution in [2.24, 2.45) is 0 Å². The first-order valence-electron chi connectivity index (χ1n) is 9.42. The first kappa shape index (κ1) is 15.5. The summed E-state index contributed by atoms with van der Waals surface area (Å²) in [5, 5.41) is 0. The number of hydrogen-bond acceptors (Lipinski definition) is 0. The maximum atomic E-state index is 2.51. The van der Waals surface area contributed by atoms with E-state index in [1.165, 1.54) is 37.9 Å². The van der Waals surface area contributed by atoms with Crippen LogP contribution in [-0.2, 0) is 4.31 Å². The van der Waals surface area contributed by atoms with E-state index >= 15 is 0 Å². The Hall–Kier alpha value is -2.60. The topological polar surface area (TPSA) is 0 Å². The van der Waals surface area contributed by atoms with E-state index in [1.807, 2.05) is 0 Å². The average Bonchev–Trinajstić information content (AvgIpc) is 3.16. The van der Waals surface area contributed by atoms with Gasteiger partial charge in [-0.1, -0.05) is 0 Å². The molecule has 0 nitrogen and oxygen atoms in total. The van der Waals surface area contributed by atoms with Crippen molar-refractivity contribution in [3.8, 4) is 0 Å². The molecule has 0 amide bonds. The third-order valence-electron chi connectivity index (χ3n) is 5.91. The van der Waals surface area contributed by atoms with E-state index in [2.05, 4.69) is 103 Å². The molecule has 4 aliphatic rings. The molecule has 0 aromatic heterocycles. The van der Waals surface area contributed by atoms with E-state index in [0.29, 0.717) is 20.9 Å². The van der Waals surface area contributed by atoms with Crippen molar-refractivity contribution in [1.29, 1.82) is 0 Å². The number of benzene rings is 3. The van der Waals surface area contributed by atoms with Crippen molar-refractivity contribution in [2.75, 3.05) is 0 Å². The fourth-order valence-electron chi connectivity index (χ4n) is 4.75. The van der Waals surface area contributed by atoms with Gasteiger partial charge >= 0.3 is 166 Å². The van der Waals surface area contributed by atoms with E-state index in [1.54, 1.807) is 0 Å². The maximum absolute atomic E-state index is 2.51. The van der Waals surface area contributed by atoms with Gasteiger partial charge in [0.15, 0.2) is 0 Å². The molecule has 128 valence electrons. The molecule has 1 spiro atoms. The molecule has 0 N–H and O–H groups in total. The summed E-state index contributed by atoms with van der Waals surface area (Å²) in [7, 11) is 0. The zero-order valence-electron chi connectivity index (χ0n) is 14.8. The molecular formula is C26H18Se. The molecule has 2 bridgehead atoms. The molecule has 1 heterocycles. The minimum absolute atomic E-state index is 0.0503. The quantitative estimate of drug-likeness (QED) is 0.373. The Balaban J connectivity index is 1.64. The molecule has 0 saturated heterocycles. The Bertz CT molecular complexity index is 1140. The standard InChI is InChI=1S/C26H18Se/c1-3-9-18(10-4-1)24-17-23-25(19-11-5-2-6-12-19)21-15-16-26(23,27-24)22-14-8-7-13-20(21)22/h1-17,21H. The first-order chi connectivity index (χ1) is 13.4. The monoisotopic (exact) mass is 410 g/mol. The van der Waals surface area contributed by atoms with Crippen molar-refractivity contribution in [1.82, 2.24) is 0 Å². The van der Waals surface area contributed by atoms with Crippen LogP contribution in [0, 0.1) is 0 Å². The van der Waals surface area contributed by atoms with Crippen molar-refractivity contribution in [2.45, 2.75) is 10.2 Å². The van der Waals surface area contributed by atoms with E-state index in [9.17, 15) is 0 Å². The Morgan fingerprint density at radius 1 is 0.704 bits per heavy atom. The van der Waals surface area contributed by atoms with Crippen molar-refractivity contribution in [3.05, 3.63) is 131 Å². The van der Waals surface area contributed by atoms with E-state index in [0.717, 1.165) is 0 Å². The number of hydrogen-bond donors (Lipinski definition) is 0. The van der Waals surface area contributed by atoms with Gasteiger partial charge in [0.25, 0.3) is 0 Å². The van der Waals surface area contributed by atoms with Crippen LogP contribution in [0.1, 0.15) is 28.2 Å². The molecule has 2 unspecified atom stereocenters. The zero-order valence-corrected chi connectivity index (χ0v) is 16.5. The molecule has 0 saturated carbocycles. The van der Waals surface area contributed by atoms with Gasteiger partial charge in [-0.25, -0.2) is 0 Å². The molecule has 1 heteroatoms. The van der Waals surface area contributed by atoms with E-state index < -0.39 is 0 Å². The van der Waals surface area contributed by atoms with Crippen LogP contribution in [-0.4, -0.2) is 15.0 Å². The van der Waals surface area contributed by atoms with E-state index in [-0.39, 0.29) is 4.31 Å². The van der Waals surface area contributed by atoms with Gasteiger partial charge in [-0.05, 0) is 0 Å². The zero-order chi connectivity index (χ0) is 17.8. The predicted octanol–water partition coefficient (Wildman–Crippen LogP) is 5.76. The second kappa shape index (κ2) is 5.70. The molecule has 2 atom stereocenters. The van der Waals surface area contributed by atoms with Crippen LogP contribution in [0.3, 0.4) is 0 Å². The summed E-state index contributed by atoms with van der Waals surface area (Å²) in [5.41, 5.74) is 8.78. The van der Waals surface area contributed by atoms with Crippen molar-refractivity contribution in [3.63, 3.8) is 0 Å². The number of allylic oxidation sites excluding steroid dienone is 5. The van der Waals surface area contributed by atoms with Gasteiger partial charge in [0.05, 0.1) is 0 Å². The summed E-state index contributed by atoms with van der Waals surface area (Å²) in [5.74, 6) is 0.364. The van der Waals surface area contributed by atoms with Gasteiger partial charge in [-0.2, -0.15) is 0 Å². The van der Waals surface area contributed by atoms with Crippen LogP contribution in [0.4, 0.5) is 0 Å². The molecule has 27 heavy (non-hydrogen) atoms. The van der Waals surface area contributed by atoms with Crippen LogP contribution in [0.15, 0.2) is 109 Å². The molecule has 7 rings (SSSR count). The van der Waals surface area contributed by atoms with Crippen LogP contribution in [0.25, 0.3) is 10.0 Å². The summed E-state index contributed by atoms with van der Waals surface area (Å²) < 4.78 is 1.56. The number of rotatable bonds is 2.